The lowest BCUT2D eigenvalue weighted by atomic mass is 10.1. The maximum Gasteiger partial charge on any atom is 0.0449 e. The lowest BCUT2D eigenvalue weighted by Crippen LogP contribution is -2.21. The second-order valence-electron chi connectivity index (χ2n) is 2.90. The maximum absolute atomic E-state index is 8.87. The smallest absolute Gasteiger partial charge is 0.0449 e. The van der Waals surface area contributed by atoms with E-state index in [-0.39, 0.29) is 12.6 Å². The Labute approximate surface area is 78.8 Å². The number of nitrogens with zero attached hydrogens (tertiary/aromatic N) is 1. The molecule has 0 bridgehead atoms. The zero-order chi connectivity index (χ0) is 9.52. The van der Waals surface area contributed by atoms with Crippen molar-refractivity contribution in [2.45, 2.75) is 19.4 Å². The molecule has 3 heteroatoms. The van der Waals surface area contributed by atoms with Gasteiger partial charge in [0.25, 0.3) is 0 Å². The van der Waals surface area contributed by atoms with Crippen molar-refractivity contribution < 1.29 is 5.11 Å². The number of aliphatic hydroxyl groups is 1. The molecule has 0 saturated heterocycles. The summed E-state index contributed by atoms with van der Waals surface area (Å²) in [6.45, 7) is 3.18. The maximum atomic E-state index is 8.87. The van der Waals surface area contributed by atoms with Crippen LogP contribution in [0.1, 0.15) is 24.9 Å². The molecule has 2 N–H and O–H groups in total. The van der Waals surface area contributed by atoms with Crippen molar-refractivity contribution in [3.05, 3.63) is 30.1 Å². The Morgan fingerprint density at radius 1 is 1.46 bits per heavy atom. The van der Waals surface area contributed by atoms with E-state index >= 15 is 0 Å². The number of aromatic nitrogens is 1. The van der Waals surface area contributed by atoms with Crippen molar-refractivity contribution in [3.8, 4) is 0 Å². The fourth-order valence-electron chi connectivity index (χ4n) is 1.36. The second-order valence-corrected chi connectivity index (χ2v) is 2.90. The van der Waals surface area contributed by atoms with Gasteiger partial charge < -0.3 is 10.4 Å². The highest BCUT2D eigenvalue weighted by Gasteiger charge is 2.07. The van der Waals surface area contributed by atoms with E-state index in [4.69, 9.17) is 5.11 Å². The number of aliphatic hydroxyl groups excluding tert-OH is 1. The molecule has 1 aromatic rings. The quantitative estimate of drug-likeness (QED) is 0.713. The average molecular weight is 180 g/mol. The average Bonchev–Trinajstić information content (AvgIpc) is 2.19. The number of rotatable bonds is 5. The van der Waals surface area contributed by atoms with Crippen molar-refractivity contribution in [2.24, 2.45) is 0 Å². The van der Waals surface area contributed by atoms with Crippen molar-refractivity contribution in [2.75, 3.05) is 13.2 Å². The van der Waals surface area contributed by atoms with Crippen LogP contribution >= 0.6 is 0 Å². The van der Waals surface area contributed by atoms with E-state index in [0.29, 0.717) is 0 Å². The van der Waals surface area contributed by atoms with E-state index in [9.17, 15) is 0 Å². The Hall–Kier alpha value is -0.930. The van der Waals surface area contributed by atoms with Gasteiger partial charge in [0.2, 0.25) is 0 Å². The monoisotopic (exact) mass is 180 g/mol. The van der Waals surface area contributed by atoms with E-state index in [1.807, 2.05) is 12.1 Å². The first-order valence-electron chi connectivity index (χ1n) is 4.62. The van der Waals surface area contributed by atoms with Crippen molar-refractivity contribution in [1.82, 2.24) is 10.3 Å². The SMILES string of the molecule is CCNC(CCO)c1ccncc1. The van der Waals surface area contributed by atoms with Crippen molar-refractivity contribution in [1.29, 1.82) is 0 Å². The lowest BCUT2D eigenvalue weighted by Gasteiger charge is -2.16. The topological polar surface area (TPSA) is 45.1 Å². The fraction of sp³-hybridized carbons (Fsp3) is 0.500. The molecule has 0 fully saturated rings. The van der Waals surface area contributed by atoms with E-state index in [0.717, 1.165) is 13.0 Å². The van der Waals surface area contributed by atoms with E-state index < -0.39 is 0 Å². The van der Waals surface area contributed by atoms with Crippen LogP contribution in [0, 0.1) is 0 Å². The lowest BCUT2D eigenvalue weighted by molar-refractivity contribution is 0.266. The molecule has 13 heavy (non-hydrogen) atoms. The second kappa shape index (κ2) is 5.67. The fourth-order valence-corrected chi connectivity index (χ4v) is 1.36. The molecule has 0 aliphatic rings. The summed E-state index contributed by atoms with van der Waals surface area (Å²) in [6, 6.07) is 4.20. The van der Waals surface area contributed by atoms with Gasteiger partial charge in [-0.3, -0.25) is 4.98 Å². The van der Waals surface area contributed by atoms with Gasteiger partial charge in [-0.25, -0.2) is 0 Å². The van der Waals surface area contributed by atoms with Gasteiger partial charge in [0.05, 0.1) is 0 Å². The Kier molecular flexibility index (Phi) is 4.43. The molecule has 72 valence electrons. The largest absolute Gasteiger partial charge is 0.396 e. The summed E-state index contributed by atoms with van der Waals surface area (Å²) in [5.41, 5.74) is 1.19. The summed E-state index contributed by atoms with van der Waals surface area (Å²) in [5, 5.41) is 12.2. The number of nitrogens with one attached hydrogen (secondary N) is 1. The molecule has 0 radical (unpaired) electrons. The van der Waals surface area contributed by atoms with Gasteiger partial charge >= 0.3 is 0 Å². The van der Waals surface area contributed by atoms with E-state index in [2.05, 4.69) is 17.2 Å². The highest BCUT2D eigenvalue weighted by Crippen LogP contribution is 2.14. The summed E-state index contributed by atoms with van der Waals surface area (Å²) in [6.07, 6.45) is 4.30. The summed E-state index contributed by atoms with van der Waals surface area (Å²) < 4.78 is 0. The van der Waals surface area contributed by atoms with Crippen LogP contribution in [0.2, 0.25) is 0 Å². The molecule has 0 amide bonds. The molecule has 0 spiro atoms. The molecule has 1 aromatic heterocycles. The molecular weight excluding hydrogens is 164 g/mol. The van der Waals surface area contributed by atoms with Crippen LogP contribution in [-0.4, -0.2) is 23.2 Å². The molecule has 0 aromatic carbocycles. The summed E-state index contributed by atoms with van der Waals surface area (Å²) in [7, 11) is 0. The highest BCUT2D eigenvalue weighted by atomic mass is 16.3. The normalized spacial score (nSPS) is 12.8. The summed E-state index contributed by atoms with van der Waals surface area (Å²) in [5.74, 6) is 0. The molecule has 0 saturated carbocycles. The summed E-state index contributed by atoms with van der Waals surface area (Å²) in [4.78, 5) is 3.96. The third-order valence-corrected chi connectivity index (χ3v) is 1.98. The van der Waals surface area contributed by atoms with Crippen LogP contribution in [0.5, 0.6) is 0 Å². The van der Waals surface area contributed by atoms with Gasteiger partial charge in [0.1, 0.15) is 0 Å². The van der Waals surface area contributed by atoms with Crippen LogP contribution in [-0.2, 0) is 0 Å². The molecule has 3 nitrogen and oxygen atoms in total. The third-order valence-electron chi connectivity index (χ3n) is 1.98. The molecule has 0 aliphatic carbocycles. The number of hydrogen-bond acceptors (Lipinski definition) is 3. The number of pyridine rings is 1. The van der Waals surface area contributed by atoms with E-state index in [1.54, 1.807) is 12.4 Å². The van der Waals surface area contributed by atoms with Crippen LogP contribution < -0.4 is 5.32 Å². The van der Waals surface area contributed by atoms with Crippen LogP contribution in [0.15, 0.2) is 24.5 Å². The first kappa shape index (κ1) is 10.2. The molecule has 0 aliphatic heterocycles. The van der Waals surface area contributed by atoms with Crippen molar-refractivity contribution in [3.63, 3.8) is 0 Å². The molecule has 1 rings (SSSR count). The minimum atomic E-state index is 0.208. The van der Waals surface area contributed by atoms with Crippen LogP contribution in [0.25, 0.3) is 0 Å². The first-order valence-corrected chi connectivity index (χ1v) is 4.62. The molecular formula is C10H16N2O. The van der Waals surface area contributed by atoms with Gasteiger partial charge in [-0.1, -0.05) is 6.92 Å². The molecule has 1 unspecified atom stereocenters. The molecule has 1 heterocycles. The van der Waals surface area contributed by atoms with Crippen LogP contribution in [0.3, 0.4) is 0 Å². The van der Waals surface area contributed by atoms with Gasteiger partial charge in [-0.15, -0.1) is 0 Å². The molecule has 1 atom stereocenters. The first-order chi connectivity index (χ1) is 6.38. The van der Waals surface area contributed by atoms with Gasteiger partial charge in [-0.2, -0.15) is 0 Å². The standard InChI is InChI=1S/C10H16N2O/c1-2-12-10(5-8-13)9-3-6-11-7-4-9/h3-4,6-7,10,12-13H,2,5,8H2,1H3. The minimum absolute atomic E-state index is 0.208. The summed E-state index contributed by atoms with van der Waals surface area (Å²) >= 11 is 0. The Balaban J connectivity index is 2.64. The zero-order valence-electron chi connectivity index (χ0n) is 7.90. The van der Waals surface area contributed by atoms with Crippen molar-refractivity contribution >= 4 is 0 Å². The third kappa shape index (κ3) is 3.13. The Bertz CT molecular complexity index is 220. The predicted molar refractivity (Wildman–Crippen MR) is 52.4 cm³/mol. The van der Waals surface area contributed by atoms with E-state index in [1.165, 1.54) is 5.56 Å². The minimum Gasteiger partial charge on any atom is -0.396 e. The highest BCUT2D eigenvalue weighted by molar-refractivity contribution is 5.14. The van der Waals surface area contributed by atoms with Gasteiger partial charge in [0, 0.05) is 25.0 Å². The Morgan fingerprint density at radius 3 is 2.69 bits per heavy atom. The Morgan fingerprint density at radius 2 is 2.15 bits per heavy atom. The number of hydrogen-bond donors (Lipinski definition) is 2. The van der Waals surface area contributed by atoms with Gasteiger partial charge in [-0.05, 0) is 30.7 Å². The van der Waals surface area contributed by atoms with Gasteiger partial charge in [0.15, 0.2) is 0 Å². The van der Waals surface area contributed by atoms with Crippen LogP contribution in [0.4, 0.5) is 0 Å². The zero-order valence-corrected chi connectivity index (χ0v) is 7.90. The predicted octanol–water partition coefficient (Wildman–Crippen LogP) is 1.11.